The van der Waals surface area contributed by atoms with Crippen molar-refractivity contribution in [1.82, 2.24) is 9.29 Å². The predicted molar refractivity (Wildman–Crippen MR) is 145 cm³/mol. The average molecular weight is 526 g/mol. The van der Waals surface area contributed by atoms with Crippen molar-refractivity contribution in [2.24, 2.45) is 0 Å². The number of hydrogen-bond donors (Lipinski definition) is 0. The molecule has 0 fully saturated rings. The SMILES string of the molecule is CCN(CC)S(=O)(=O)c1ccc(C(=O)N(Cc2ccccc2)c2nc3ccc(SC)cc3s2)cc1. The fourth-order valence-corrected chi connectivity index (χ4v) is 6.74. The number of fused-ring (bicyclic) bond motifs is 1. The van der Waals surface area contributed by atoms with Crippen LogP contribution < -0.4 is 4.90 Å². The Morgan fingerprint density at radius 1 is 0.971 bits per heavy atom. The Morgan fingerprint density at radius 2 is 1.66 bits per heavy atom. The molecule has 4 rings (SSSR count). The molecule has 182 valence electrons. The summed E-state index contributed by atoms with van der Waals surface area (Å²) in [5, 5.41) is 0.604. The van der Waals surface area contributed by atoms with E-state index in [9.17, 15) is 13.2 Å². The van der Waals surface area contributed by atoms with Crippen molar-refractivity contribution >= 4 is 54.4 Å². The summed E-state index contributed by atoms with van der Waals surface area (Å²) in [5.41, 5.74) is 2.23. The molecule has 0 saturated carbocycles. The Labute approximate surface area is 214 Å². The Morgan fingerprint density at radius 3 is 2.29 bits per heavy atom. The van der Waals surface area contributed by atoms with Gasteiger partial charge in [0, 0.05) is 23.5 Å². The highest BCUT2D eigenvalue weighted by molar-refractivity contribution is 7.98. The Kier molecular flexibility index (Phi) is 7.91. The number of carbonyl (C=O) groups is 1. The molecule has 35 heavy (non-hydrogen) atoms. The van der Waals surface area contributed by atoms with Crippen LogP contribution >= 0.6 is 23.1 Å². The Balaban J connectivity index is 1.70. The van der Waals surface area contributed by atoms with E-state index in [0.29, 0.717) is 30.3 Å². The van der Waals surface area contributed by atoms with Crippen LogP contribution in [0.5, 0.6) is 0 Å². The number of benzene rings is 3. The van der Waals surface area contributed by atoms with E-state index in [1.807, 2.05) is 48.7 Å². The van der Waals surface area contributed by atoms with Crippen molar-refractivity contribution in [3.8, 4) is 0 Å². The molecule has 0 saturated heterocycles. The monoisotopic (exact) mass is 525 g/mol. The number of nitrogens with zero attached hydrogens (tertiary/aromatic N) is 3. The molecule has 0 spiro atoms. The number of amides is 1. The molecule has 6 nitrogen and oxygen atoms in total. The first kappa shape index (κ1) is 25.4. The minimum atomic E-state index is -3.59. The van der Waals surface area contributed by atoms with Crippen molar-refractivity contribution in [2.75, 3.05) is 24.2 Å². The fraction of sp³-hybridized carbons (Fsp3) is 0.231. The Bertz CT molecular complexity index is 1410. The quantitative estimate of drug-likeness (QED) is 0.255. The van der Waals surface area contributed by atoms with E-state index in [4.69, 9.17) is 4.98 Å². The summed E-state index contributed by atoms with van der Waals surface area (Å²) in [4.78, 5) is 21.4. The summed E-state index contributed by atoms with van der Waals surface area (Å²) in [7, 11) is -3.59. The number of hydrogen-bond acceptors (Lipinski definition) is 6. The van der Waals surface area contributed by atoms with Crippen molar-refractivity contribution in [2.45, 2.75) is 30.2 Å². The number of rotatable bonds is 9. The van der Waals surface area contributed by atoms with Crippen LogP contribution in [0.15, 0.2) is 82.6 Å². The number of aromatic nitrogens is 1. The van der Waals surface area contributed by atoms with Gasteiger partial charge in [-0.1, -0.05) is 55.5 Å². The van der Waals surface area contributed by atoms with Crippen LogP contribution in [-0.2, 0) is 16.6 Å². The van der Waals surface area contributed by atoms with Crippen molar-refractivity contribution in [3.63, 3.8) is 0 Å². The van der Waals surface area contributed by atoms with E-state index in [-0.39, 0.29) is 10.8 Å². The molecular formula is C26H27N3O3S3. The van der Waals surface area contributed by atoms with Crippen LogP contribution in [0.25, 0.3) is 10.2 Å². The lowest BCUT2D eigenvalue weighted by Gasteiger charge is -2.21. The molecule has 0 bridgehead atoms. The predicted octanol–water partition coefficient (Wildman–Crippen LogP) is 5.90. The molecule has 0 aliphatic carbocycles. The summed E-state index contributed by atoms with van der Waals surface area (Å²) < 4.78 is 28.1. The van der Waals surface area contributed by atoms with Gasteiger partial charge in [0.05, 0.1) is 21.7 Å². The first-order valence-electron chi connectivity index (χ1n) is 11.3. The molecule has 0 aliphatic heterocycles. The smallest absolute Gasteiger partial charge is 0.260 e. The van der Waals surface area contributed by atoms with Gasteiger partial charge >= 0.3 is 0 Å². The maximum absolute atomic E-state index is 13.7. The number of thioether (sulfide) groups is 1. The van der Waals surface area contributed by atoms with Gasteiger partial charge in [-0.05, 0) is 54.3 Å². The van der Waals surface area contributed by atoms with Crippen LogP contribution in [0.2, 0.25) is 0 Å². The third-order valence-corrected chi connectivity index (χ3v) is 9.52. The minimum absolute atomic E-state index is 0.178. The molecule has 1 heterocycles. The van der Waals surface area contributed by atoms with Gasteiger partial charge in [-0.25, -0.2) is 13.4 Å². The molecule has 0 atom stereocenters. The van der Waals surface area contributed by atoms with E-state index >= 15 is 0 Å². The zero-order valence-electron chi connectivity index (χ0n) is 19.8. The second-order valence-electron chi connectivity index (χ2n) is 7.82. The van der Waals surface area contributed by atoms with Gasteiger partial charge in [0.1, 0.15) is 0 Å². The van der Waals surface area contributed by atoms with Gasteiger partial charge in [0.2, 0.25) is 10.0 Å². The molecule has 4 aromatic rings. The maximum atomic E-state index is 13.7. The van der Waals surface area contributed by atoms with E-state index < -0.39 is 10.0 Å². The molecule has 3 aromatic carbocycles. The fourth-order valence-electron chi connectivity index (χ4n) is 3.77. The van der Waals surface area contributed by atoms with Crippen LogP contribution in [0.1, 0.15) is 29.8 Å². The van der Waals surface area contributed by atoms with Crippen molar-refractivity contribution in [3.05, 3.63) is 83.9 Å². The van der Waals surface area contributed by atoms with Crippen molar-refractivity contribution in [1.29, 1.82) is 0 Å². The topological polar surface area (TPSA) is 70.6 Å². The zero-order chi connectivity index (χ0) is 25.0. The van der Waals surface area contributed by atoms with Crippen LogP contribution in [-0.4, -0.2) is 43.0 Å². The minimum Gasteiger partial charge on any atom is -0.279 e. The molecule has 0 unspecified atom stereocenters. The Hall–Kier alpha value is -2.72. The van der Waals surface area contributed by atoms with Gasteiger partial charge in [-0.3, -0.25) is 9.69 Å². The summed E-state index contributed by atoms with van der Waals surface area (Å²) >= 11 is 3.13. The lowest BCUT2D eigenvalue weighted by atomic mass is 10.1. The zero-order valence-corrected chi connectivity index (χ0v) is 22.3. The maximum Gasteiger partial charge on any atom is 0.260 e. The molecule has 0 N–H and O–H groups in total. The van der Waals surface area contributed by atoms with Gasteiger partial charge in [-0.15, -0.1) is 11.8 Å². The molecule has 1 aromatic heterocycles. The summed E-state index contributed by atoms with van der Waals surface area (Å²) in [6.07, 6.45) is 2.03. The van der Waals surface area contributed by atoms with Gasteiger partial charge in [0.15, 0.2) is 5.13 Å². The van der Waals surface area contributed by atoms with E-state index in [0.717, 1.165) is 20.7 Å². The largest absolute Gasteiger partial charge is 0.279 e. The molecule has 0 aliphatic rings. The highest BCUT2D eigenvalue weighted by Crippen LogP contribution is 2.33. The number of thiazole rings is 1. The average Bonchev–Trinajstić information content (AvgIpc) is 3.31. The number of sulfonamides is 1. The third kappa shape index (κ3) is 5.43. The summed E-state index contributed by atoms with van der Waals surface area (Å²) in [5.74, 6) is -0.232. The second-order valence-corrected chi connectivity index (χ2v) is 11.6. The van der Waals surface area contributed by atoms with Crippen LogP contribution in [0, 0.1) is 0 Å². The lowest BCUT2D eigenvalue weighted by Crippen LogP contribution is -2.31. The standard InChI is InChI=1S/C26H27N3O3S3/c1-4-28(5-2)35(31,32)22-14-11-20(12-15-22)25(30)29(18-19-9-7-6-8-10-19)26-27-23-16-13-21(33-3)17-24(23)34-26/h6-17H,4-5,18H2,1-3H3. The van der Waals surface area contributed by atoms with E-state index in [2.05, 4.69) is 6.07 Å². The van der Waals surface area contributed by atoms with Crippen LogP contribution in [0.3, 0.4) is 0 Å². The van der Waals surface area contributed by atoms with E-state index in [1.165, 1.54) is 27.8 Å². The highest BCUT2D eigenvalue weighted by Gasteiger charge is 2.25. The normalized spacial score (nSPS) is 11.8. The second kappa shape index (κ2) is 10.9. The number of anilines is 1. The van der Waals surface area contributed by atoms with Crippen molar-refractivity contribution < 1.29 is 13.2 Å². The number of carbonyl (C=O) groups excluding carboxylic acids is 1. The molecule has 0 radical (unpaired) electrons. The molecule has 9 heteroatoms. The lowest BCUT2D eigenvalue weighted by molar-refractivity contribution is 0.0985. The van der Waals surface area contributed by atoms with Gasteiger partial charge < -0.3 is 0 Å². The third-order valence-electron chi connectivity index (χ3n) is 5.69. The molecular weight excluding hydrogens is 499 g/mol. The summed E-state index contributed by atoms with van der Waals surface area (Å²) in [6, 6.07) is 22.0. The van der Waals surface area contributed by atoms with Gasteiger partial charge in [-0.2, -0.15) is 4.31 Å². The van der Waals surface area contributed by atoms with Crippen LogP contribution in [0.4, 0.5) is 5.13 Å². The summed E-state index contributed by atoms with van der Waals surface area (Å²) in [6.45, 7) is 4.75. The van der Waals surface area contributed by atoms with E-state index in [1.54, 1.807) is 42.6 Å². The highest BCUT2D eigenvalue weighted by atomic mass is 32.2. The molecule has 1 amide bonds. The first-order chi connectivity index (χ1) is 16.9. The first-order valence-corrected chi connectivity index (χ1v) is 14.8. The van der Waals surface area contributed by atoms with Gasteiger partial charge in [0.25, 0.3) is 5.91 Å².